The van der Waals surface area contributed by atoms with E-state index in [2.05, 4.69) is 16.3 Å². The molecule has 0 spiro atoms. The first kappa shape index (κ1) is 12.0. The molecule has 1 unspecified atom stereocenters. The molecule has 0 saturated carbocycles. The molecule has 17 heavy (non-hydrogen) atoms. The van der Waals surface area contributed by atoms with Crippen LogP contribution < -0.4 is 0 Å². The second-order valence-corrected chi connectivity index (χ2v) is 5.00. The molecule has 1 atom stereocenters. The highest BCUT2D eigenvalue weighted by Gasteiger charge is 2.12. The van der Waals surface area contributed by atoms with E-state index in [-0.39, 0.29) is 5.25 Å². The fourth-order valence-corrected chi connectivity index (χ4v) is 1.93. The summed E-state index contributed by atoms with van der Waals surface area (Å²) in [5.41, 5.74) is 0.765. The van der Waals surface area contributed by atoms with Gasteiger partial charge in [0.15, 0.2) is 0 Å². The lowest BCUT2D eigenvalue weighted by Crippen LogP contribution is -1.88. The second kappa shape index (κ2) is 5.21. The van der Waals surface area contributed by atoms with Crippen molar-refractivity contribution in [2.75, 3.05) is 0 Å². The van der Waals surface area contributed by atoms with Gasteiger partial charge in [0.1, 0.15) is 0 Å². The van der Waals surface area contributed by atoms with Gasteiger partial charge in [-0.25, -0.2) is 0 Å². The van der Waals surface area contributed by atoms with Crippen LogP contribution in [0, 0.1) is 11.3 Å². The van der Waals surface area contributed by atoms with Crippen molar-refractivity contribution < 1.29 is 4.42 Å². The minimum absolute atomic E-state index is 0.220. The van der Waals surface area contributed by atoms with E-state index >= 15 is 0 Å². The van der Waals surface area contributed by atoms with Crippen LogP contribution in [-0.2, 0) is 0 Å². The fraction of sp³-hybridized carbons (Fsp3) is 0.182. The highest BCUT2D eigenvalue weighted by Crippen LogP contribution is 2.26. The lowest BCUT2D eigenvalue weighted by molar-refractivity contribution is 0.465. The molecule has 0 N–H and O–H groups in total. The molecule has 1 heterocycles. The van der Waals surface area contributed by atoms with E-state index in [1.807, 2.05) is 12.1 Å². The predicted octanol–water partition coefficient (Wildman–Crippen LogP) is 3.39. The SMILES string of the molecule is CC(C#N)Sc1nnc(-c2cccc(Cl)c2)o1. The van der Waals surface area contributed by atoms with Crippen LogP contribution in [0.1, 0.15) is 6.92 Å². The smallest absolute Gasteiger partial charge is 0.278 e. The molecule has 0 aliphatic carbocycles. The Labute approximate surface area is 108 Å². The summed E-state index contributed by atoms with van der Waals surface area (Å²) in [4.78, 5) is 0. The van der Waals surface area contributed by atoms with E-state index in [9.17, 15) is 0 Å². The van der Waals surface area contributed by atoms with E-state index in [4.69, 9.17) is 21.3 Å². The largest absolute Gasteiger partial charge is 0.411 e. The van der Waals surface area contributed by atoms with Crippen molar-refractivity contribution in [3.8, 4) is 17.5 Å². The number of rotatable bonds is 3. The molecule has 0 bridgehead atoms. The Morgan fingerprint density at radius 1 is 1.47 bits per heavy atom. The van der Waals surface area contributed by atoms with Crippen molar-refractivity contribution >= 4 is 23.4 Å². The molecule has 86 valence electrons. The lowest BCUT2D eigenvalue weighted by atomic mass is 10.2. The molecule has 0 aliphatic rings. The summed E-state index contributed by atoms with van der Waals surface area (Å²) >= 11 is 7.10. The standard InChI is InChI=1S/C11H8ClN3OS/c1-7(6-13)17-11-15-14-10(16-11)8-3-2-4-9(12)5-8/h2-5,7H,1H3. The average molecular weight is 266 g/mol. The molecule has 1 aromatic carbocycles. The Morgan fingerprint density at radius 2 is 2.29 bits per heavy atom. The van der Waals surface area contributed by atoms with Crippen molar-refractivity contribution in [2.45, 2.75) is 17.4 Å². The van der Waals surface area contributed by atoms with Crippen molar-refractivity contribution in [1.82, 2.24) is 10.2 Å². The number of nitrogens with zero attached hydrogens (tertiary/aromatic N) is 3. The van der Waals surface area contributed by atoms with Crippen molar-refractivity contribution in [3.63, 3.8) is 0 Å². The van der Waals surface area contributed by atoms with Crippen LogP contribution in [0.4, 0.5) is 0 Å². The third-order valence-corrected chi connectivity index (χ3v) is 3.00. The molecule has 0 fully saturated rings. The summed E-state index contributed by atoms with van der Waals surface area (Å²) in [6, 6.07) is 9.25. The Morgan fingerprint density at radius 3 is 3.00 bits per heavy atom. The number of hydrogen-bond acceptors (Lipinski definition) is 5. The van der Waals surface area contributed by atoms with E-state index in [1.165, 1.54) is 11.8 Å². The number of halogens is 1. The molecule has 0 saturated heterocycles. The van der Waals surface area contributed by atoms with Gasteiger partial charge >= 0.3 is 0 Å². The summed E-state index contributed by atoms with van der Waals surface area (Å²) in [6.45, 7) is 1.77. The maximum Gasteiger partial charge on any atom is 0.278 e. The molecule has 1 aromatic heterocycles. The summed E-state index contributed by atoms with van der Waals surface area (Å²) in [5.74, 6) is 0.403. The van der Waals surface area contributed by atoms with Gasteiger partial charge in [0.25, 0.3) is 5.22 Å². The molecular formula is C11H8ClN3OS. The van der Waals surface area contributed by atoms with Crippen LogP contribution in [0.15, 0.2) is 33.9 Å². The van der Waals surface area contributed by atoms with Crippen molar-refractivity contribution in [3.05, 3.63) is 29.3 Å². The first-order valence-corrected chi connectivity index (χ1v) is 6.10. The zero-order chi connectivity index (χ0) is 12.3. The van der Waals surface area contributed by atoms with Gasteiger partial charge in [-0.15, -0.1) is 10.2 Å². The topological polar surface area (TPSA) is 62.7 Å². The fourth-order valence-electron chi connectivity index (χ4n) is 1.17. The lowest BCUT2D eigenvalue weighted by Gasteiger charge is -1.96. The van der Waals surface area contributed by atoms with Crippen LogP contribution in [0.25, 0.3) is 11.5 Å². The van der Waals surface area contributed by atoms with E-state index in [0.717, 1.165) is 5.56 Å². The highest BCUT2D eigenvalue weighted by atomic mass is 35.5. The van der Waals surface area contributed by atoms with E-state index < -0.39 is 0 Å². The third-order valence-electron chi connectivity index (χ3n) is 1.94. The monoisotopic (exact) mass is 265 g/mol. The van der Waals surface area contributed by atoms with E-state index in [1.54, 1.807) is 19.1 Å². The summed E-state index contributed by atoms with van der Waals surface area (Å²) in [6.07, 6.45) is 0. The predicted molar refractivity (Wildman–Crippen MR) is 65.7 cm³/mol. The molecule has 0 amide bonds. The molecular weight excluding hydrogens is 258 g/mol. The minimum Gasteiger partial charge on any atom is -0.411 e. The third kappa shape index (κ3) is 2.99. The van der Waals surface area contributed by atoms with Crippen molar-refractivity contribution in [2.24, 2.45) is 0 Å². The second-order valence-electron chi connectivity index (χ2n) is 3.27. The highest BCUT2D eigenvalue weighted by molar-refractivity contribution is 7.99. The van der Waals surface area contributed by atoms with Gasteiger partial charge in [-0.3, -0.25) is 0 Å². The van der Waals surface area contributed by atoms with Crippen LogP contribution in [-0.4, -0.2) is 15.4 Å². The Bertz CT molecular complexity index is 564. The Hall–Kier alpha value is -1.51. The van der Waals surface area contributed by atoms with Crippen molar-refractivity contribution in [1.29, 1.82) is 5.26 Å². The van der Waals surface area contributed by atoms with Gasteiger partial charge < -0.3 is 4.42 Å². The van der Waals surface area contributed by atoms with Crippen LogP contribution in [0.2, 0.25) is 5.02 Å². The van der Waals surface area contributed by atoms with Gasteiger partial charge in [-0.05, 0) is 36.9 Å². The number of hydrogen-bond donors (Lipinski definition) is 0. The van der Waals surface area contributed by atoms with Crippen LogP contribution in [0.3, 0.4) is 0 Å². The maximum atomic E-state index is 8.68. The van der Waals surface area contributed by atoms with Gasteiger partial charge in [0.05, 0.1) is 11.3 Å². The first-order chi connectivity index (χ1) is 8.19. The minimum atomic E-state index is -0.220. The number of benzene rings is 1. The normalized spacial score (nSPS) is 12.1. The zero-order valence-electron chi connectivity index (χ0n) is 8.92. The number of thioether (sulfide) groups is 1. The van der Waals surface area contributed by atoms with Crippen LogP contribution in [0.5, 0.6) is 0 Å². The summed E-state index contributed by atoms with van der Waals surface area (Å²) in [7, 11) is 0. The quantitative estimate of drug-likeness (QED) is 0.796. The number of nitriles is 1. The van der Waals surface area contributed by atoms with Crippen LogP contribution >= 0.6 is 23.4 Å². The molecule has 0 radical (unpaired) electrons. The van der Waals surface area contributed by atoms with Gasteiger partial charge in [0.2, 0.25) is 5.89 Å². The van der Waals surface area contributed by atoms with Gasteiger partial charge in [-0.2, -0.15) is 5.26 Å². The first-order valence-electron chi connectivity index (χ1n) is 4.85. The Balaban J connectivity index is 2.21. The summed E-state index contributed by atoms with van der Waals surface area (Å²) in [5, 5.41) is 17.2. The number of aromatic nitrogens is 2. The molecule has 4 nitrogen and oxygen atoms in total. The van der Waals surface area contributed by atoms with E-state index in [0.29, 0.717) is 16.1 Å². The zero-order valence-corrected chi connectivity index (χ0v) is 10.5. The van der Waals surface area contributed by atoms with Gasteiger partial charge in [0, 0.05) is 10.6 Å². The Kier molecular flexibility index (Phi) is 3.67. The molecule has 2 aromatic rings. The average Bonchev–Trinajstić information content (AvgIpc) is 2.77. The molecule has 0 aliphatic heterocycles. The maximum absolute atomic E-state index is 8.68. The summed E-state index contributed by atoms with van der Waals surface area (Å²) < 4.78 is 5.43. The molecule has 6 heteroatoms. The van der Waals surface area contributed by atoms with Gasteiger partial charge in [-0.1, -0.05) is 17.7 Å². The molecule has 2 rings (SSSR count).